The molecule has 0 bridgehead atoms. The van der Waals surface area contributed by atoms with Gasteiger partial charge in [0, 0.05) is 23.2 Å². The Morgan fingerprint density at radius 1 is 1.41 bits per heavy atom. The number of aromatic amines is 1. The first-order valence-electron chi connectivity index (χ1n) is 6.21. The number of hydrogen-bond acceptors (Lipinski definition) is 2. The minimum absolute atomic E-state index is 0.788. The van der Waals surface area contributed by atoms with Gasteiger partial charge in [0.1, 0.15) is 5.75 Å². The number of methoxy groups -OCH3 is 1. The van der Waals surface area contributed by atoms with E-state index in [0.717, 1.165) is 18.2 Å². The number of ether oxygens (including phenoxy) is 1. The van der Waals surface area contributed by atoms with Crippen LogP contribution in [0.25, 0.3) is 10.9 Å². The third-order valence-electron chi connectivity index (χ3n) is 3.65. The van der Waals surface area contributed by atoms with Crippen molar-refractivity contribution in [3.05, 3.63) is 30.0 Å². The highest BCUT2D eigenvalue weighted by Gasteiger charge is 2.16. The molecule has 0 radical (unpaired) electrons. The van der Waals surface area contributed by atoms with E-state index in [4.69, 9.17) is 4.74 Å². The van der Waals surface area contributed by atoms with Crippen LogP contribution in [0.3, 0.4) is 0 Å². The zero-order valence-corrected chi connectivity index (χ0v) is 10.1. The quantitative estimate of drug-likeness (QED) is 0.849. The van der Waals surface area contributed by atoms with E-state index in [0.29, 0.717) is 0 Å². The molecule has 1 aromatic heterocycles. The molecule has 1 saturated heterocycles. The first kappa shape index (κ1) is 10.7. The van der Waals surface area contributed by atoms with E-state index in [1.54, 1.807) is 7.11 Å². The predicted molar refractivity (Wildman–Crippen MR) is 69.5 cm³/mol. The first-order chi connectivity index (χ1) is 8.36. The molecule has 0 saturated carbocycles. The fraction of sp³-hybridized carbons (Fsp3) is 0.429. The Morgan fingerprint density at radius 3 is 3.12 bits per heavy atom. The normalized spacial score (nSPS) is 19.9. The third-order valence-corrected chi connectivity index (χ3v) is 3.65. The van der Waals surface area contributed by atoms with Crippen LogP contribution < -0.4 is 10.1 Å². The summed E-state index contributed by atoms with van der Waals surface area (Å²) in [5, 5.41) is 4.75. The van der Waals surface area contributed by atoms with Crippen molar-refractivity contribution in [3.63, 3.8) is 0 Å². The number of aromatic nitrogens is 1. The van der Waals surface area contributed by atoms with Gasteiger partial charge >= 0.3 is 0 Å². The molecule has 0 aliphatic carbocycles. The molecule has 17 heavy (non-hydrogen) atoms. The van der Waals surface area contributed by atoms with Crippen molar-refractivity contribution in [1.82, 2.24) is 10.3 Å². The van der Waals surface area contributed by atoms with Crippen molar-refractivity contribution in [2.45, 2.75) is 12.8 Å². The van der Waals surface area contributed by atoms with E-state index in [1.165, 1.54) is 35.9 Å². The third kappa shape index (κ3) is 2.03. The largest absolute Gasteiger partial charge is 0.497 e. The maximum Gasteiger partial charge on any atom is 0.120 e. The lowest BCUT2D eigenvalue weighted by Gasteiger charge is -2.06. The SMILES string of the molecule is COc1ccc2c(CC3CCNC3)c[nH]c2c1. The van der Waals surface area contributed by atoms with E-state index in [1.807, 2.05) is 6.07 Å². The van der Waals surface area contributed by atoms with E-state index < -0.39 is 0 Å². The number of nitrogens with one attached hydrogen (secondary N) is 2. The molecule has 3 heteroatoms. The van der Waals surface area contributed by atoms with E-state index in [-0.39, 0.29) is 0 Å². The smallest absolute Gasteiger partial charge is 0.120 e. The number of rotatable bonds is 3. The Bertz CT molecular complexity index is 512. The van der Waals surface area contributed by atoms with Gasteiger partial charge in [-0.3, -0.25) is 0 Å². The van der Waals surface area contributed by atoms with Crippen LogP contribution >= 0.6 is 0 Å². The van der Waals surface area contributed by atoms with Gasteiger partial charge in [0.2, 0.25) is 0 Å². The summed E-state index contributed by atoms with van der Waals surface area (Å²) < 4.78 is 5.23. The standard InChI is InChI=1S/C14H18N2O/c1-17-12-2-3-13-11(9-16-14(13)7-12)6-10-4-5-15-8-10/h2-3,7,9-10,15-16H,4-6,8H2,1H3. The van der Waals surface area contributed by atoms with E-state index >= 15 is 0 Å². The van der Waals surface area contributed by atoms with Gasteiger partial charge in [-0.25, -0.2) is 0 Å². The van der Waals surface area contributed by atoms with Gasteiger partial charge in [-0.05, 0) is 49.5 Å². The van der Waals surface area contributed by atoms with E-state index in [2.05, 4.69) is 28.6 Å². The van der Waals surface area contributed by atoms with E-state index in [9.17, 15) is 0 Å². The van der Waals surface area contributed by atoms with Gasteiger partial charge in [0.25, 0.3) is 0 Å². The molecule has 1 aliphatic rings. The van der Waals surface area contributed by atoms with Gasteiger partial charge < -0.3 is 15.0 Å². The van der Waals surface area contributed by atoms with Crippen molar-refractivity contribution >= 4 is 10.9 Å². The second-order valence-electron chi connectivity index (χ2n) is 4.79. The Balaban J connectivity index is 1.89. The topological polar surface area (TPSA) is 37.0 Å². The van der Waals surface area contributed by atoms with Crippen molar-refractivity contribution in [2.75, 3.05) is 20.2 Å². The average molecular weight is 230 g/mol. The van der Waals surface area contributed by atoms with Crippen LogP contribution in [0.2, 0.25) is 0 Å². The molecule has 1 unspecified atom stereocenters. The molecule has 0 amide bonds. The number of hydrogen-bond donors (Lipinski definition) is 2. The Labute approximate surface area is 101 Å². The fourth-order valence-corrected chi connectivity index (χ4v) is 2.66. The summed E-state index contributed by atoms with van der Waals surface area (Å²) in [6, 6.07) is 6.25. The lowest BCUT2D eigenvalue weighted by Crippen LogP contribution is -2.10. The molecule has 1 fully saturated rings. The predicted octanol–water partition coefficient (Wildman–Crippen LogP) is 2.33. The summed E-state index contributed by atoms with van der Waals surface area (Å²) in [4.78, 5) is 3.34. The van der Waals surface area contributed by atoms with Gasteiger partial charge in [-0.2, -0.15) is 0 Å². The molecule has 3 rings (SSSR count). The van der Waals surface area contributed by atoms with Gasteiger partial charge in [0.15, 0.2) is 0 Å². The second-order valence-corrected chi connectivity index (χ2v) is 4.79. The number of fused-ring (bicyclic) bond motifs is 1. The van der Waals surface area contributed by atoms with Crippen LogP contribution in [-0.4, -0.2) is 25.2 Å². The molecule has 2 heterocycles. The minimum atomic E-state index is 0.788. The summed E-state index contributed by atoms with van der Waals surface area (Å²) in [5.74, 6) is 1.70. The van der Waals surface area contributed by atoms with Crippen LogP contribution in [-0.2, 0) is 6.42 Å². The van der Waals surface area contributed by atoms with Gasteiger partial charge in [-0.15, -0.1) is 0 Å². The fourth-order valence-electron chi connectivity index (χ4n) is 2.66. The van der Waals surface area contributed by atoms with Crippen LogP contribution in [0, 0.1) is 5.92 Å². The molecular formula is C14H18N2O. The van der Waals surface area contributed by atoms with Crippen LogP contribution in [0.5, 0.6) is 5.75 Å². The summed E-state index contributed by atoms with van der Waals surface area (Å²) in [7, 11) is 1.70. The monoisotopic (exact) mass is 230 g/mol. The van der Waals surface area contributed by atoms with Crippen molar-refractivity contribution in [2.24, 2.45) is 5.92 Å². The number of H-pyrrole nitrogens is 1. The van der Waals surface area contributed by atoms with Crippen molar-refractivity contribution in [1.29, 1.82) is 0 Å². The molecule has 1 atom stereocenters. The van der Waals surface area contributed by atoms with Crippen LogP contribution in [0.1, 0.15) is 12.0 Å². The zero-order valence-electron chi connectivity index (χ0n) is 10.1. The highest BCUT2D eigenvalue weighted by atomic mass is 16.5. The molecule has 0 spiro atoms. The molecule has 2 aromatic rings. The molecular weight excluding hydrogens is 212 g/mol. The summed E-state index contributed by atoms with van der Waals surface area (Å²) in [6.07, 6.45) is 4.60. The first-order valence-corrected chi connectivity index (χ1v) is 6.21. The maximum absolute atomic E-state index is 5.23. The van der Waals surface area contributed by atoms with Gasteiger partial charge in [0.05, 0.1) is 7.11 Å². The molecule has 90 valence electrons. The lowest BCUT2D eigenvalue weighted by molar-refractivity contribution is 0.415. The molecule has 2 N–H and O–H groups in total. The molecule has 1 aliphatic heterocycles. The maximum atomic E-state index is 5.23. The van der Waals surface area contributed by atoms with Crippen molar-refractivity contribution in [3.8, 4) is 5.75 Å². The number of benzene rings is 1. The minimum Gasteiger partial charge on any atom is -0.497 e. The summed E-state index contributed by atoms with van der Waals surface area (Å²) >= 11 is 0. The van der Waals surface area contributed by atoms with Crippen molar-refractivity contribution < 1.29 is 4.74 Å². The summed E-state index contributed by atoms with van der Waals surface area (Å²) in [5.41, 5.74) is 2.60. The lowest BCUT2D eigenvalue weighted by atomic mass is 9.98. The highest BCUT2D eigenvalue weighted by molar-refractivity contribution is 5.84. The highest BCUT2D eigenvalue weighted by Crippen LogP contribution is 2.26. The van der Waals surface area contributed by atoms with Gasteiger partial charge in [-0.1, -0.05) is 0 Å². The van der Waals surface area contributed by atoms with Crippen LogP contribution in [0.15, 0.2) is 24.4 Å². The van der Waals surface area contributed by atoms with Crippen LogP contribution in [0.4, 0.5) is 0 Å². The second kappa shape index (κ2) is 4.41. The summed E-state index contributed by atoms with van der Waals surface area (Å²) in [6.45, 7) is 2.32. The Hall–Kier alpha value is -1.48. The molecule has 1 aromatic carbocycles. The molecule has 3 nitrogen and oxygen atoms in total. The Morgan fingerprint density at radius 2 is 2.35 bits per heavy atom. The zero-order chi connectivity index (χ0) is 11.7. The average Bonchev–Trinajstić information content (AvgIpc) is 2.99. The Kier molecular flexibility index (Phi) is 2.77.